The van der Waals surface area contributed by atoms with E-state index in [-0.39, 0.29) is 12.2 Å². The van der Waals surface area contributed by atoms with Crippen molar-refractivity contribution in [2.75, 3.05) is 18.1 Å². The maximum Gasteiger partial charge on any atom is 0.307 e. The van der Waals surface area contributed by atoms with E-state index in [9.17, 15) is 9.59 Å². The van der Waals surface area contributed by atoms with E-state index < -0.39 is 5.97 Å². The molecule has 1 heterocycles. The van der Waals surface area contributed by atoms with Crippen molar-refractivity contribution in [3.05, 3.63) is 82.3 Å². The Morgan fingerprint density at radius 1 is 1.13 bits per heavy atom. The van der Waals surface area contributed by atoms with E-state index in [0.717, 1.165) is 40.8 Å². The third-order valence-corrected chi connectivity index (χ3v) is 5.51. The average Bonchev–Trinajstić information content (AvgIpc) is 3.16. The van der Waals surface area contributed by atoms with Crippen LogP contribution in [0, 0.1) is 0 Å². The van der Waals surface area contributed by atoms with Gasteiger partial charge >= 0.3 is 5.97 Å². The second-order valence-electron chi connectivity index (χ2n) is 7.57. The number of benzene rings is 2. The summed E-state index contributed by atoms with van der Waals surface area (Å²) in [6.07, 6.45) is 4.01. The molecule has 0 saturated heterocycles. The van der Waals surface area contributed by atoms with Crippen LogP contribution in [0.2, 0.25) is 0 Å². The average molecular weight is 403 g/mol. The molecule has 0 spiro atoms. The predicted octanol–water partition coefficient (Wildman–Crippen LogP) is 4.61. The number of nitrogens with zero attached hydrogens (tertiary/aromatic N) is 1. The van der Waals surface area contributed by atoms with E-state index in [1.807, 2.05) is 43.3 Å². The summed E-state index contributed by atoms with van der Waals surface area (Å²) in [6.45, 7) is 5.02. The van der Waals surface area contributed by atoms with Gasteiger partial charge in [-0.2, -0.15) is 0 Å². The Morgan fingerprint density at radius 2 is 1.90 bits per heavy atom. The largest absolute Gasteiger partial charge is 0.489 e. The lowest BCUT2D eigenvalue weighted by Gasteiger charge is -2.23. The minimum atomic E-state index is -0.845. The van der Waals surface area contributed by atoms with E-state index in [1.54, 1.807) is 0 Å². The fourth-order valence-electron chi connectivity index (χ4n) is 4.23. The zero-order chi connectivity index (χ0) is 21.3. The first-order valence-corrected chi connectivity index (χ1v) is 10.4. The maximum absolute atomic E-state index is 13.2. The molecule has 0 atom stereocenters. The van der Waals surface area contributed by atoms with Crippen LogP contribution in [0.1, 0.15) is 47.3 Å². The van der Waals surface area contributed by atoms with Crippen LogP contribution in [0.5, 0.6) is 0 Å². The van der Waals surface area contributed by atoms with Gasteiger partial charge in [0.1, 0.15) is 0 Å². The lowest BCUT2D eigenvalue weighted by Crippen LogP contribution is -2.21. The fourth-order valence-corrected chi connectivity index (χ4v) is 4.23. The first-order valence-electron chi connectivity index (χ1n) is 10.4. The van der Waals surface area contributed by atoms with Gasteiger partial charge in [0.25, 0.3) is 0 Å². The lowest BCUT2D eigenvalue weighted by atomic mass is 9.82. The summed E-state index contributed by atoms with van der Waals surface area (Å²) >= 11 is 0. The number of hydrogen-bond acceptors (Lipinski definition) is 4. The number of hydrogen-bond donors (Lipinski definition) is 1. The van der Waals surface area contributed by atoms with Gasteiger partial charge < -0.3 is 14.7 Å². The zero-order valence-electron chi connectivity index (χ0n) is 17.3. The highest BCUT2D eigenvalue weighted by molar-refractivity contribution is 6.17. The van der Waals surface area contributed by atoms with Crippen molar-refractivity contribution in [1.82, 2.24) is 0 Å². The Kier molecular flexibility index (Phi) is 5.44. The molecular weight excluding hydrogens is 378 g/mol. The highest BCUT2D eigenvalue weighted by atomic mass is 16.5. The number of carbonyl (C=O) groups excluding carboxylic acids is 1. The molecule has 5 nitrogen and oxygen atoms in total. The van der Waals surface area contributed by atoms with Gasteiger partial charge in [-0.15, -0.1) is 0 Å². The molecular formula is C25H25NO4. The molecule has 2 aliphatic rings. The van der Waals surface area contributed by atoms with Crippen molar-refractivity contribution >= 4 is 23.0 Å². The van der Waals surface area contributed by atoms with Gasteiger partial charge in [0.05, 0.1) is 19.6 Å². The maximum atomic E-state index is 13.2. The smallest absolute Gasteiger partial charge is 0.307 e. The molecule has 0 fully saturated rings. The minimum Gasteiger partial charge on any atom is -0.489 e. The molecule has 1 N–H and O–H groups in total. The number of ether oxygens (including phenoxy) is 1. The number of fused-ring (bicyclic) bond motifs is 3. The Morgan fingerprint density at radius 3 is 2.57 bits per heavy atom. The second kappa shape index (κ2) is 8.19. The van der Waals surface area contributed by atoms with Crippen molar-refractivity contribution in [3.8, 4) is 0 Å². The molecule has 2 aromatic rings. The molecule has 30 heavy (non-hydrogen) atoms. The van der Waals surface area contributed by atoms with E-state index >= 15 is 0 Å². The van der Waals surface area contributed by atoms with Crippen LogP contribution >= 0.6 is 0 Å². The van der Waals surface area contributed by atoms with Crippen LogP contribution in [0.3, 0.4) is 0 Å². The van der Waals surface area contributed by atoms with Crippen molar-refractivity contribution < 1.29 is 19.4 Å². The van der Waals surface area contributed by atoms with Gasteiger partial charge in [0.15, 0.2) is 5.76 Å². The number of rotatable bonds is 7. The van der Waals surface area contributed by atoms with Gasteiger partial charge in [-0.3, -0.25) is 9.59 Å². The number of carbonyl (C=O) groups is 2. The van der Waals surface area contributed by atoms with Crippen LogP contribution in [0.25, 0.3) is 5.57 Å². The van der Waals surface area contributed by atoms with Gasteiger partial charge in [0, 0.05) is 28.6 Å². The molecule has 1 aliphatic carbocycles. The number of aryl methyl sites for hydroxylation is 1. The summed E-state index contributed by atoms with van der Waals surface area (Å²) in [4.78, 5) is 26.2. The Hall–Kier alpha value is -3.34. The number of allylic oxidation sites excluding steroid dienone is 1. The number of carboxylic acids is 1. The number of carboxylic acid groups (broad SMARTS) is 1. The summed E-state index contributed by atoms with van der Waals surface area (Å²) in [7, 11) is 0. The highest BCUT2D eigenvalue weighted by Gasteiger charge is 2.36. The molecule has 0 saturated carbocycles. The highest BCUT2D eigenvalue weighted by Crippen LogP contribution is 2.43. The van der Waals surface area contributed by atoms with E-state index in [1.165, 1.54) is 5.56 Å². The number of aliphatic carboxylic acids is 1. The van der Waals surface area contributed by atoms with E-state index in [2.05, 4.69) is 24.1 Å². The molecule has 0 radical (unpaired) electrons. The van der Waals surface area contributed by atoms with E-state index in [4.69, 9.17) is 9.84 Å². The van der Waals surface area contributed by atoms with Gasteiger partial charge in [-0.25, -0.2) is 0 Å². The molecule has 154 valence electrons. The van der Waals surface area contributed by atoms with Crippen LogP contribution in [0.4, 0.5) is 5.69 Å². The van der Waals surface area contributed by atoms with Crippen molar-refractivity contribution in [3.63, 3.8) is 0 Å². The normalized spacial score (nSPS) is 15.1. The molecule has 1 aliphatic heterocycles. The quantitative estimate of drug-likeness (QED) is 0.731. The summed E-state index contributed by atoms with van der Waals surface area (Å²) < 4.78 is 5.81. The standard InChI is InChI=1S/C25H25NO4/c1-3-6-17-7-5-8-19-23(17)20-14-26(15-21(20)25(24(19)29)30-4-2)18-11-9-16(10-12-18)13-22(27)28/h5,7-12,14H,3-4,6,13,15H2,1-2H3,(H,27,28). The van der Waals surface area contributed by atoms with Gasteiger partial charge in [-0.05, 0) is 42.2 Å². The predicted molar refractivity (Wildman–Crippen MR) is 117 cm³/mol. The molecule has 0 bridgehead atoms. The Labute approximate surface area is 176 Å². The molecule has 0 amide bonds. The second-order valence-corrected chi connectivity index (χ2v) is 7.57. The first-order chi connectivity index (χ1) is 14.5. The number of Topliss-reactive ketones (excluding diaryl/α,β-unsaturated/α-hetero) is 1. The van der Waals surface area contributed by atoms with Crippen LogP contribution in [-0.4, -0.2) is 30.0 Å². The molecule has 5 heteroatoms. The fraction of sp³-hybridized carbons (Fsp3) is 0.280. The minimum absolute atomic E-state index is 0.00324. The van der Waals surface area contributed by atoms with E-state index in [0.29, 0.717) is 24.5 Å². The summed E-state index contributed by atoms with van der Waals surface area (Å²) in [6, 6.07) is 13.5. The van der Waals surface area contributed by atoms with Crippen molar-refractivity contribution in [2.45, 2.75) is 33.1 Å². The SMILES string of the molecule is CCCc1cccc2c1C1=CN(c3ccc(CC(=O)O)cc3)CC1=C(OCC)C2=O. The van der Waals surface area contributed by atoms with Crippen LogP contribution < -0.4 is 4.90 Å². The number of ketones is 1. The molecule has 4 rings (SSSR count). The summed E-state index contributed by atoms with van der Waals surface area (Å²) in [5, 5.41) is 8.98. The van der Waals surface area contributed by atoms with Gasteiger partial charge in [-0.1, -0.05) is 43.7 Å². The monoisotopic (exact) mass is 403 g/mol. The summed E-state index contributed by atoms with van der Waals surface area (Å²) in [5.41, 5.74) is 6.60. The van der Waals surface area contributed by atoms with Crippen LogP contribution in [-0.2, 0) is 22.4 Å². The summed E-state index contributed by atoms with van der Waals surface area (Å²) in [5.74, 6) is -0.451. The molecule has 0 aromatic heterocycles. The Balaban J connectivity index is 1.78. The zero-order valence-corrected chi connectivity index (χ0v) is 17.3. The third-order valence-electron chi connectivity index (χ3n) is 5.51. The van der Waals surface area contributed by atoms with Crippen molar-refractivity contribution in [1.29, 1.82) is 0 Å². The Bertz CT molecular complexity index is 1060. The third kappa shape index (κ3) is 3.52. The van der Waals surface area contributed by atoms with Gasteiger partial charge in [0.2, 0.25) is 5.78 Å². The van der Waals surface area contributed by atoms with Crippen LogP contribution in [0.15, 0.2) is 60.0 Å². The molecule has 0 unspecified atom stereocenters. The van der Waals surface area contributed by atoms with Crippen molar-refractivity contribution in [2.24, 2.45) is 0 Å². The topological polar surface area (TPSA) is 66.8 Å². The first kappa shape index (κ1) is 20.0. The number of anilines is 1. The molecule has 2 aromatic carbocycles. The lowest BCUT2D eigenvalue weighted by molar-refractivity contribution is -0.136.